The predicted molar refractivity (Wildman–Crippen MR) is 73.1 cm³/mol. The summed E-state index contributed by atoms with van der Waals surface area (Å²) in [5, 5.41) is 0. The summed E-state index contributed by atoms with van der Waals surface area (Å²) in [6.07, 6.45) is 4.80. The van der Waals surface area contributed by atoms with E-state index in [1.807, 2.05) is 12.4 Å². The van der Waals surface area contributed by atoms with Gasteiger partial charge in [-0.1, -0.05) is 37.3 Å². The summed E-state index contributed by atoms with van der Waals surface area (Å²) in [6.45, 7) is 2.25. The molecule has 1 heterocycles. The van der Waals surface area contributed by atoms with Gasteiger partial charge in [0, 0.05) is 12.4 Å². The van der Waals surface area contributed by atoms with Crippen LogP contribution in [0.25, 0.3) is 0 Å². The first-order valence-corrected chi connectivity index (χ1v) is 5.30. The number of rotatable bonds is 3. The molecule has 1 aromatic heterocycles. The highest BCUT2D eigenvalue weighted by Gasteiger charge is 2.05. The first-order chi connectivity index (χ1) is 7.36. The van der Waals surface area contributed by atoms with Crippen molar-refractivity contribution in [2.75, 3.05) is 0 Å². The zero-order valence-corrected chi connectivity index (χ0v) is 11.0. The highest BCUT2D eigenvalue weighted by atomic mass is 79.9. The van der Waals surface area contributed by atoms with E-state index >= 15 is 0 Å². The minimum Gasteiger partial charge on any atom is -0.265 e. The molecule has 2 rings (SSSR count). The van der Waals surface area contributed by atoms with Gasteiger partial charge in [-0.25, -0.2) is 0 Å². The van der Waals surface area contributed by atoms with E-state index in [0.717, 1.165) is 6.42 Å². The number of nitrogens with zero attached hydrogens (tertiary/aromatic N) is 1. The summed E-state index contributed by atoms with van der Waals surface area (Å²) in [5.74, 6) is 0.551. The van der Waals surface area contributed by atoms with Crippen LogP contribution in [0.1, 0.15) is 24.0 Å². The minimum absolute atomic E-state index is 0. The largest absolute Gasteiger partial charge is 0.265 e. The molecule has 0 N–H and O–H groups in total. The van der Waals surface area contributed by atoms with E-state index in [4.69, 9.17) is 0 Å². The molecule has 0 spiro atoms. The van der Waals surface area contributed by atoms with E-state index in [2.05, 4.69) is 54.4 Å². The highest BCUT2D eigenvalue weighted by molar-refractivity contribution is 8.93. The van der Waals surface area contributed by atoms with Crippen molar-refractivity contribution >= 4 is 17.0 Å². The van der Waals surface area contributed by atoms with Gasteiger partial charge >= 0.3 is 0 Å². The van der Waals surface area contributed by atoms with Crippen LogP contribution < -0.4 is 0 Å². The van der Waals surface area contributed by atoms with Crippen molar-refractivity contribution in [3.63, 3.8) is 0 Å². The molecule has 2 heteroatoms. The van der Waals surface area contributed by atoms with Gasteiger partial charge in [0.1, 0.15) is 0 Å². The molecule has 0 aliphatic carbocycles. The Morgan fingerprint density at radius 1 is 1.00 bits per heavy atom. The molecule has 0 amide bonds. The van der Waals surface area contributed by atoms with Crippen molar-refractivity contribution in [1.82, 2.24) is 4.98 Å². The molecule has 2 aromatic rings. The minimum atomic E-state index is 0. The Bertz CT molecular complexity index is 400. The van der Waals surface area contributed by atoms with E-state index in [-0.39, 0.29) is 17.0 Å². The van der Waals surface area contributed by atoms with Gasteiger partial charge < -0.3 is 0 Å². The average molecular weight is 278 g/mol. The first-order valence-electron chi connectivity index (χ1n) is 5.30. The molecular weight excluding hydrogens is 262 g/mol. The predicted octanol–water partition coefficient (Wildman–Crippen LogP) is 4.01. The van der Waals surface area contributed by atoms with Crippen LogP contribution in [0.3, 0.4) is 0 Å². The summed E-state index contributed by atoms with van der Waals surface area (Å²) in [5.41, 5.74) is 2.75. The Morgan fingerprint density at radius 2 is 1.62 bits per heavy atom. The number of halogens is 1. The Balaban J connectivity index is 0.00000128. The number of benzene rings is 1. The summed E-state index contributed by atoms with van der Waals surface area (Å²) in [4.78, 5) is 4.03. The van der Waals surface area contributed by atoms with Crippen molar-refractivity contribution in [1.29, 1.82) is 0 Å². The normalized spacial score (nSPS) is 11.6. The summed E-state index contributed by atoms with van der Waals surface area (Å²) in [6, 6.07) is 14.8. The third-order valence-electron chi connectivity index (χ3n) is 2.66. The number of aromatic nitrogens is 1. The Hall–Kier alpha value is -1.15. The fourth-order valence-electron chi connectivity index (χ4n) is 1.78. The van der Waals surface area contributed by atoms with Crippen molar-refractivity contribution in [2.24, 2.45) is 0 Å². The lowest BCUT2D eigenvalue weighted by atomic mass is 9.95. The lowest BCUT2D eigenvalue weighted by Crippen LogP contribution is -1.98. The molecule has 1 atom stereocenters. The van der Waals surface area contributed by atoms with Crippen LogP contribution in [0, 0.1) is 0 Å². The van der Waals surface area contributed by atoms with Gasteiger partial charge in [-0.3, -0.25) is 4.98 Å². The molecule has 0 saturated heterocycles. The van der Waals surface area contributed by atoms with Crippen molar-refractivity contribution in [2.45, 2.75) is 19.3 Å². The van der Waals surface area contributed by atoms with E-state index in [1.54, 1.807) is 0 Å². The summed E-state index contributed by atoms with van der Waals surface area (Å²) >= 11 is 0. The molecule has 0 saturated carbocycles. The number of hydrogen-bond donors (Lipinski definition) is 0. The molecule has 1 aromatic carbocycles. The second kappa shape index (κ2) is 6.44. The Kier molecular flexibility index (Phi) is 5.20. The van der Waals surface area contributed by atoms with Gasteiger partial charge in [-0.2, -0.15) is 0 Å². The molecule has 0 aliphatic rings. The smallest absolute Gasteiger partial charge is 0.0270 e. The standard InChI is InChI=1S/C14H15N.BrH/c1-12(14-7-9-15-10-8-14)11-13-5-3-2-4-6-13;/h2-10,12H,11H2,1H3;1H. The molecular formula is C14H16BrN. The van der Waals surface area contributed by atoms with Crippen molar-refractivity contribution < 1.29 is 0 Å². The van der Waals surface area contributed by atoms with E-state index in [1.165, 1.54) is 11.1 Å². The van der Waals surface area contributed by atoms with Gasteiger partial charge in [0.2, 0.25) is 0 Å². The maximum atomic E-state index is 4.03. The second-order valence-corrected chi connectivity index (χ2v) is 3.87. The highest BCUT2D eigenvalue weighted by Crippen LogP contribution is 2.19. The van der Waals surface area contributed by atoms with Crippen LogP contribution in [0.2, 0.25) is 0 Å². The fraction of sp³-hybridized carbons (Fsp3) is 0.214. The van der Waals surface area contributed by atoms with Crippen molar-refractivity contribution in [3.05, 3.63) is 66.0 Å². The molecule has 1 unspecified atom stereocenters. The second-order valence-electron chi connectivity index (χ2n) is 3.87. The van der Waals surface area contributed by atoms with Gasteiger partial charge in [0.05, 0.1) is 0 Å². The quantitative estimate of drug-likeness (QED) is 0.826. The Morgan fingerprint density at radius 3 is 2.25 bits per heavy atom. The molecule has 0 fully saturated rings. The van der Waals surface area contributed by atoms with Crippen LogP contribution in [0.4, 0.5) is 0 Å². The topological polar surface area (TPSA) is 12.9 Å². The monoisotopic (exact) mass is 277 g/mol. The molecule has 0 radical (unpaired) electrons. The van der Waals surface area contributed by atoms with Gasteiger partial charge in [0.25, 0.3) is 0 Å². The lowest BCUT2D eigenvalue weighted by Gasteiger charge is -2.11. The maximum absolute atomic E-state index is 4.03. The zero-order chi connectivity index (χ0) is 10.5. The Labute approximate surface area is 107 Å². The summed E-state index contributed by atoms with van der Waals surface area (Å²) in [7, 11) is 0. The molecule has 1 nitrogen and oxygen atoms in total. The molecule has 16 heavy (non-hydrogen) atoms. The van der Waals surface area contributed by atoms with Crippen LogP contribution in [-0.2, 0) is 6.42 Å². The van der Waals surface area contributed by atoms with Gasteiger partial charge in [-0.05, 0) is 35.6 Å². The third-order valence-corrected chi connectivity index (χ3v) is 2.66. The van der Waals surface area contributed by atoms with Crippen LogP contribution >= 0.6 is 17.0 Å². The molecule has 0 bridgehead atoms. The van der Waals surface area contributed by atoms with Crippen LogP contribution in [0.15, 0.2) is 54.9 Å². The van der Waals surface area contributed by atoms with E-state index < -0.39 is 0 Å². The molecule has 0 aliphatic heterocycles. The van der Waals surface area contributed by atoms with Gasteiger partial charge in [0.15, 0.2) is 0 Å². The third kappa shape index (κ3) is 3.46. The average Bonchev–Trinajstić information content (AvgIpc) is 2.31. The van der Waals surface area contributed by atoms with Crippen LogP contribution in [-0.4, -0.2) is 4.98 Å². The maximum Gasteiger partial charge on any atom is 0.0270 e. The van der Waals surface area contributed by atoms with Gasteiger partial charge in [-0.15, -0.1) is 17.0 Å². The summed E-state index contributed by atoms with van der Waals surface area (Å²) < 4.78 is 0. The van der Waals surface area contributed by atoms with Crippen LogP contribution in [0.5, 0.6) is 0 Å². The lowest BCUT2D eigenvalue weighted by molar-refractivity contribution is 0.757. The van der Waals surface area contributed by atoms with Crippen molar-refractivity contribution in [3.8, 4) is 0 Å². The fourth-order valence-corrected chi connectivity index (χ4v) is 1.78. The van der Waals surface area contributed by atoms with E-state index in [9.17, 15) is 0 Å². The number of hydrogen-bond acceptors (Lipinski definition) is 1. The zero-order valence-electron chi connectivity index (χ0n) is 9.34. The van der Waals surface area contributed by atoms with E-state index in [0.29, 0.717) is 5.92 Å². The first kappa shape index (κ1) is 12.9. The number of pyridine rings is 1. The molecule has 84 valence electrons. The SMILES string of the molecule is Br.CC(Cc1ccccc1)c1ccncc1.